The van der Waals surface area contributed by atoms with Gasteiger partial charge in [-0.2, -0.15) is 0 Å². The predicted octanol–water partition coefficient (Wildman–Crippen LogP) is 2.57. The Labute approximate surface area is 184 Å². The number of ether oxygens (including phenoxy) is 1. The molecule has 2 fully saturated rings. The third-order valence-electron chi connectivity index (χ3n) is 5.63. The third kappa shape index (κ3) is 4.94. The van der Waals surface area contributed by atoms with E-state index in [1.807, 2.05) is 35.7 Å². The molecule has 31 heavy (non-hydrogen) atoms. The zero-order valence-electron chi connectivity index (χ0n) is 17.0. The van der Waals surface area contributed by atoms with Crippen molar-refractivity contribution in [1.29, 1.82) is 0 Å². The largest absolute Gasteiger partial charge is 0.366 e. The Hall–Kier alpha value is -2.78. The number of carbonyl (C=O) groups excluding carboxylic acids is 3. The molecule has 0 unspecified atom stereocenters. The average molecular weight is 442 g/mol. The maximum absolute atomic E-state index is 13.0. The third-order valence-corrected chi connectivity index (χ3v) is 6.39. The first-order valence-corrected chi connectivity index (χ1v) is 11.3. The van der Waals surface area contributed by atoms with Gasteiger partial charge in [0.05, 0.1) is 18.7 Å². The quantitative estimate of drug-likeness (QED) is 0.715. The van der Waals surface area contributed by atoms with Gasteiger partial charge >= 0.3 is 0 Å². The Morgan fingerprint density at radius 3 is 2.61 bits per heavy atom. The fourth-order valence-electron chi connectivity index (χ4n) is 4.05. The molecule has 9 heteroatoms. The van der Waals surface area contributed by atoms with E-state index in [1.165, 1.54) is 17.8 Å². The van der Waals surface area contributed by atoms with Gasteiger partial charge in [-0.1, -0.05) is 49.6 Å². The SMILES string of the molecule is NC(=O)[C@@H]1OC[C@H](C(=O)Nc2nc(-c3ccccc3)cs2)N1C(=O)[CH]C1CCCCC1. The summed E-state index contributed by atoms with van der Waals surface area (Å²) in [7, 11) is 0. The van der Waals surface area contributed by atoms with Crippen molar-refractivity contribution in [2.75, 3.05) is 11.9 Å². The minimum Gasteiger partial charge on any atom is -0.366 e. The van der Waals surface area contributed by atoms with Crippen LogP contribution in [0.15, 0.2) is 35.7 Å². The van der Waals surface area contributed by atoms with Crippen molar-refractivity contribution < 1.29 is 19.1 Å². The number of amides is 3. The van der Waals surface area contributed by atoms with Crippen molar-refractivity contribution in [2.45, 2.75) is 44.4 Å². The van der Waals surface area contributed by atoms with E-state index >= 15 is 0 Å². The van der Waals surface area contributed by atoms with Gasteiger partial charge in [-0.25, -0.2) is 4.98 Å². The Kier molecular flexibility index (Phi) is 6.62. The minimum absolute atomic E-state index is 0.0966. The molecule has 4 rings (SSSR count). The summed E-state index contributed by atoms with van der Waals surface area (Å²) in [6.07, 6.45) is 5.53. The van der Waals surface area contributed by atoms with E-state index in [9.17, 15) is 14.4 Å². The number of nitrogens with one attached hydrogen (secondary N) is 1. The summed E-state index contributed by atoms with van der Waals surface area (Å²) in [6, 6.07) is 8.67. The second-order valence-electron chi connectivity index (χ2n) is 7.81. The first-order chi connectivity index (χ1) is 15.0. The highest BCUT2D eigenvalue weighted by Crippen LogP contribution is 2.29. The number of hydrogen-bond acceptors (Lipinski definition) is 6. The molecule has 3 N–H and O–H groups in total. The highest BCUT2D eigenvalue weighted by molar-refractivity contribution is 7.14. The van der Waals surface area contributed by atoms with Gasteiger partial charge < -0.3 is 15.8 Å². The number of thiazole rings is 1. The molecule has 1 aromatic carbocycles. The smallest absolute Gasteiger partial charge is 0.267 e. The standard InChI is InChI=1S/C22H25N4O4S/c23-19(28)21-26(18(27)11-14-7-3-1-4-8-14)17(12-30-21)20(29)25-22-24-16(13-31-22)15-9-5-2-6-10-15/h2,5-6,9-11,13-14,17,21H,1,3-4,7-8,12H2,(H2,23,28)(H,24,25,29)/t17-,21+/m1/s1. The molecule has 163 valence electrons. The van der Waals surface area contributed by atoms with Crippen LogP contribution >= 0.6 is 11.3 Å². The first kappa shape index (κ1) is 21.5. The topological polar surface area (TPSA) is 115 Å². The number of nitrogens with zero attached hydrogens (tertiary/aromatic N) is 2. The lowest BCUT2D eigenvalue weighted by Crippen LogP contribution is -2.52. The molecule has 2 aromatic rings. The molecule has 2 heterocycles. The van der Waals surface area contributed by atoms with E-state index in [1.54, 1.807) is 6.42 Å². The number of benzene rings is 1. The number of rotatable bonds is 6. The molecule has 0 bridgehead atoms. The van der Waals surface area contributed by atoms with Gasteiger partial charge in [0, 0.05) is 10.9 Å². The van der Waals surface area contributed by atoms with Crippen molar-refractivity contribution in [1.82, 2.24) is 9.88 Å². The molecular formula is C22H25N4O4S. The van der Waals surface area contributed by atoms with Crippen LogP contribution in [0.3, 0.4) is 0 Å². The van der Waals surface area contributed by atoms with Crippen molar-refractivity contribution in [3.8, 4) is 11.3 Å². The van der Waals surface area contributed by atoms with Gasteiger partial charge in [0.25, 0.3) is 11.8 Å². The number of nitrogens with two attached hydrogens (primary N) is 1. The van der Waals surface area contributed by atoms with Gasteiger partial charge in [-0.15, -0.1) is 11.3 Å². The second kappa shape index (κ2) is 9.57. The van der Waals surface area contributed by atoms with Gasteiger partial charge in [0.1, 0.15) is 6.04 Å². The minimum atomic E-state index is -1.25. The number of primary amides is 1. The number of aromatic nitrogens is 1. The number of anilines is 1. The predicted molar refractivity (Wildman–Crippen MR) is 117 cm³/mol. The lowest BCUT2D eigenvalue weighted by Gasteiger charge is -2.28. The molecule has 1 aliphatic heterocycles. The van der Waals surface area contributed by atoms with E-state index in [0.29, 0.717) is 5.13 Å². The lowest BCUT2D eigenvalue weighted by atomic mass is 9.86. The van der Waals surface area contributed by atoms with Crippen LogP contribution in [0.4, 0.5) is 5.13 Å². The summed E-state index contributed by atoms with van der Waals surface area (Å²) in [5.74, 6) is -1.49. The van der Waals surface area contributed by atoms with E-state index in [-0.39, 0.29) is 12.5 Å². The average Bonchev–Trinajstić information content (AvgIpc) is 3.42. The summed E-state index contributed by atoms with van der Waals surface area (Å²) >= 11 is 1.29. The Bertz CT molecular complexity index is 942. The molecule has 1 radical (unpaired) electrons. The molecule has 2 atom stereocenters. The number of hydrogen-bond donors (Lipinski definition) is 2. The van der Waals surface area contributed by atoms with Crippen LogP contribution in [0.1, 0.15) is 32.1 Å². The van der Waals surface area contributed by atoms with E-state index in [2.05, 4.69) is 10.3 Å². The molecular weight excluding hydrogens is 416 g/mol. The monoisotopic (exact) mass is 441 g/mol. The summed E-state index contributed by atoms with van der Waals surface area (Å²) in [5, 5.41) is 5.01. The maximum atomic E-state index is 13.0. The van der Waals surface area contributed by atoms with Crippen LogP contribution in [-0.2, 0) is 19.1 Å². The first-order valence-electron chi connectivity index (χ1n) is 10.4. The molecule has 1 saturated heterocycles. The summed E-state index contributed by atoms with van der Waals surface area (Å²) in [5.41, 5.74) is 7.12. The van der Waals surface area contributed by atoms with Crippen LogP contribution < -0.4 is 11.1 Å². The van der Waals surface area contributed by atoms with Crippen molar-refractivity contribution in [2.24, 2.45) is 11.7 Å². The van der Waals surface area contributed by atoms with E-state index in [0.717, 1.165) is 41.8 Å². The fraction of sp³-hybridized carbons (Fsp3) is 0.409. The highest BCUT2D eigenvalue weighted by Gasteiger charge is 2.45. The van der Waals surface area contributed by atoms with Crippen molar-refractivity contribution >= 4 is 34.2 Å². The Morgan fingerprint density at radius 1 is 1.16 bits per heavy atom. The van der Waals surface area contributed by atoms with Crippen molar-refractivity contribution in [3.63, 3.8) is 0 Å². The van der Waals surface area contributed by atoms with Gasteiger partial charge in [-0.3, -0.25) is 19.3 Å². The van der Waals surface area contributed by atoms with Crippen molar-refractivity contribution in [3.05, 3.63) is 42.1 Å². The van der Waals surface area contributed by atoms with Crippen LogP contribution in [0.5, 0.6) is 0 Å². The Morgan fingerprint density at radius 2 is 1.90 bits per heavy atom. The fourth-order valence-corrected chi connectivity index (χ4v) is 4.77. The van der Waals surface area contributed by atoms with Crippen LogP contribution in [-0.4, -0.2) is 46.5 Å². The zero-order valence-corrected chi connectivity index (χ0v) is 17.8. The summed E-state index contributed by atoms with van der Waals surface area (Å²) in [4.78, 5) is 43.4. The van der Waals surface area contributed by atoms with Crippen LogP contribution in [0.25, 0.3) is 11.3 Å². The zero-order chi connectivity index (χ0) is 21.8. The van der Waals surface area contributed by atoms with Crippen LogP contribution in [0, 0.1) is 12.3 Å². The van der Waals surface area contributed by atoms with Gasteiger partial charge in [0.15, 0.2) is 5.13 Å². The normalized spacial score (nSPS) is 21.7. The Balaban J connectivity index is 1.46. The van der Waals surface area contributed by atoms with Gasteiger partial charge in [0.2, 0.25) is 12.1 Å². The molecule has 8 nitrogen and oxygen atoms in total. The maximum Gasteiger partial charge on any atom is 0.267 e. The molecule has 1 aliphatic carbocycles. The summed E-state index contributed by atoms with van der Waals surface area (Å²) < 4.78 is 5.42. The molecule has 1 aromatic heterocycles. The molecule has 0 spiro atoms. The second-order valence-corrected chi connectivity index (χ2v) is 8.67. The molecule has 2 aliphatic rings. The van der Waals surface area contributed by atoms with Gasteiger partial charge in [-0.05, 0) is 18.8 Å². The molecule has 3 amide bonds. The lowest BCUT2D eigenvalue weighted by molar-refractivity contribution is -0.146. The summed E-state index contributed by atoms with van der Waals surface area (Å²) in [6.45, 7) is -0.0966. The number of carbonyl (C=O) groups is 3. The van der Waals surface area contributed by atoms with Crippen LogP contribution in [0.2, 0.25) is 0 Å². The highest BCUT2D eigenvalue weighted by atomic mass is 32.1. The van der Waals surface area contributed by atoms with E-state index < -0.39 is 30.0 Å². The van der Waals surface area contributed by atoms with E-state index in [4.69, 9.17) is 10.5 Å². The molecule has 1 saturated carbocycles.